The smallest absolute Gasteiger partial charge is 0.257 e. The number of anilines is 1. The fraction of sp³-hybridized carbons (Fsp3) is 0.222. The summed E-state index contributed by atoms with van der Waals surface area (Å²) in [7, 11) is 0. The summed E-state index contributed by atoms with van der Waals surface area (Å²) in [6.45, 7) is 6.36. The minimum Gasteiger partial charge on any atom is -0.332 e. The third-order valence-corrected chi connectivity index (χ3v) is 5.54. The Bertz CT molecular complexity index is 834. The number of hydrogen-bond acceptors (Lipinski definition) is 2. The zero-order chi connectivity index (χ0) is 18.8. The van der Waals surface area contributed by atoms with Gasteiger partial charge in [-0.3, -0.25) is 10.1 Å². The van der Waals surface area contributed by atoms with E-state index in [9.17, 15) is 4.79 Å². The van der Waals surface area contributed by atoms with Gasteiger partial charge in [-0.2, -0.15) is 0 Å². The first kappa shape index (κ1) is 20.4. The van der Waals surface area contributed by atoms with Gasteiger partial charge < -0.3 is 5.32 Å². The average Bonchev–Trinajstić information content (AvgIpc) is 2.49. The first-order valence-corrected chi connectivity index (χ1v) is 9.82. The molecule has 2 rings (SSSR count). The molecule has 0 atom stereocenters. The predicted octanol–water partition coefficient (Wildman–Crippen LogP) is 6.29. The second-order valence-electron chi connectivity index (χ2n) is 6.48. The maximum atomic E-state index is 12.4. The highest BCUT2D eigenvalue weighted by Crippen LogP contribution is 2.30. The molecule has 7 heteroatoms. The number of carbonyl (C=O) groups is 1. The Morgan fingerprint density at radius 3 is 2.32 bits per heavy atom. The maximum Gasteiger partial charge on any atom is 0.257 e. The highest BCUT2D eigenvalue weighted by molar-refractivity contribution is 9.10. The van der Waals surface area contributed by atoms with E-state index >= 15 is 0 Å². The van der Waals surface area contributed by atoms with Gasteiger partial charge in [0.05, 0.1) is 5.02 Å². The summed E-state index contributed by atoms with van der Waals surface area (Å²) in [5, 5.41) is 6.38. The van der Waals surface area contributed by atoms with Crippen LogP contribution in [0.3, 0.4) is 0 Å². The Morgan fingerprint density at radius 2 is 1.76 bits per heavy atom. The minimum absolute atomic E-state index is 0.00839. The summed E-state index contributed by atoms with van der Waals surface area (Å²) in [4.78, 5) is 12.4. The molecule has 3 nitrogen and oxygen atoms in total. The normalized spacial score (nSPS) is 11.1. The molecule has 2 aromatic rings. The van der Waals surface area contributed by atoms with Crippen LogP contribution in [0.1, 0.15) is 36.7 Å². The number of carbonyl (C=O) groups excluding carboxylic acids is 1. The molecule has 0 heterocycles. The van der Waals surface area contributed by atoms with Crippen LogP contribution in [-0.4, -0.2) is 11.0 Å². The Kier molecular flexibility index (Phi) is 6.65. The highest BCUT2D eigenvalue weighted by atomic mass is 79.9. The monoisotopic (exact) mass is 502 g/mol. The van der Waals surface area contributed by atoms with Crippen molar-refractivity contribution >= 4 is 72.4 Å². The number of hydrogen-bond donors (Lipinski definition) is 2. The van der Waals surface area contributed by atoms with E-state index in [0.717, 1.165) is 14.5 Å². The minimum atomic E-state index is -0.276. The molecule has 0 bridgehead atoms. The van der Waals surface area contributed by atoms with Crippen molar-refractivity contribution in [2.45, 2.75) is 26.2 Å². The van der Waals surface area contributed by atoms with Crippen molar-refractivity contribution in [2.24, 2.45) is 0 Å². The van der Waals surface area contributed by atoms with Crippen LogP contribution < -0.4 is 10.6 Å². The van der Waals surface area contributed by atoms with Crippen LogP contribution in [0, 0.1) is 0 Å². The number of amides is 1. The Labute approximate surface area is 174 Å². The Balaban J connectivity index is 2.07. The van der Waals surface area contributed by atoms with Crippen LogP contribution in [0.4, 0.5) is 5.69 Å². The molecular formula is C18H17Br2ClN2OS. The first-order valence-electron chi connectivity index (χ1n) is 7.45. The van der Waals surface area contributed by atoms with Crippen LogP contribution in [-0.2, 0) is 5.41 Å². The fourth-order valence-corrected chi connectivity index (χ4v) is 3.79. The third kappa shape index (κ3) is 5.51. The summed E-state index contributed by atoms with van der Waals surface area (Å²) in [5.74, 6) is -0.276. The lowest BCUT2D eigenvalue weighted by molar-refractivity contribution is 0.0977. The molecule has 1 amide bonds. The van der Waals surface area contributed by atoms with Crippen LogP contribution in [0.5, 0.6) is 0 Å². The highest BCUT2D eigenvalue weighted by Gasteiger charge is 2.18. The largest absolute Gasteiger partial charge is 0.332 e. The molecular weight excluding hydrogens is 488 g/mol. The molecule has 132 valence electrons. The predicted molar refractivity (Wildman–Crippen MR) is 116 cm³/mol. The number of nitrogens with one attached hydrogen (secondary N) is 2. The second kappa shape index (κ2) is 8.16. The molecule has 2 N–H and O–H groups in total. The zero-order valence-electron chi connectivity index (χ0n) is 13.9. The van der Waals surface area contributed by atoms with E-state index in [1.807, 2.05) is 12.1 Å². The molecule has 0 spiro atoms. The topological polar surface area (TPSA) is 41.1 Å². The van der Waals surface area contributed by atoms with Gasteiger partial charge in [-0.25, -0.2) is 0 Å². The number of benzene rings is 2. The van der Waals surface area contributed by atoms with E-state index in [4.69, 9.17) is 23.8 Å². The number of rotatable bonds is 2. The number of halogens is 3. The summed E-state index contributed by atoms with van der Waals surface area (Å²) in [6, 6.07) is 10.9. The van der Waals surface area contributed by atoms with E-state index in [0.29, 0.717) is 16.3 Å². The molecule has 2 aromatic carbocycles. The van der Waals surface area contributed by atoms with Gasteiger partial charge >= 0.3 is 0 Å². The van der Waals surface area contributed by atoms with Gasteiger partial charge in [0.1, 0.15) is 0 Å². The summed E-state index contributed by atoms with van der Waals surface area (Å²) in [5.41, 5.74) is 2.35. The van der Waals surface area contributed by atoms with E-state index in [1.54, 1.807) is 24.3 Å². The Morgan fingerprint density at radius 1 is 1.08 bits per heavy atom. The quantitative estimate of drug-likeness (QED) is 0.473. The first-order chi connectivity index (χ1) is 11.6. The van der Waals surface area contributed by atoms with Crippen LogP contribution in [0.2, 0.25) is 5.02 Å². The van der Waals surface area contributed by atoms with Crippen molar-refractivity contribution in [3.05, 3.63) is 61.5 Å². The van der Waals surface area contributed by atoms with Gasteiger partial charge in [-0.05, 0) is 69.5 Å². The van der Waals surface area contributed by atoms with Crippen molar-refractivity contribution in [1.82, 2.24) is 5.32 Å². The van der Waals surface area contributed by atoms with Gasteiger partial charge in [0.15, 0.2) is 5.11 Å². The number of thiocarbonyl (C=S) groups is 1. The molecule has 0 aliphatic rings. The van der Waals surface area contributed by atoms with Crippen LogP contribution >= 0.6 is 55.7 Å². The molecule has 0 fully saturated rings. The third-order valence-electron chi connectivity index (χ3n) is 3.44. The molecule has 0 radical (unpaired) electrons. The Hall–Kier alpha value is -0.950. The molecule has 0 aromatic heterocycles. The van der Waals surface area contributed by atoms with Gasteiger partial charge in [0, 0.05) is 20.2 Å². The molecule has 0 aliphatic heterocycles. The van der Waals surface area contributed by atoms with Crippen molar-refractivity contribution in [2.75, 3.05) is 5.32 Å². The molecule has 0 unspecified atom stereocenters. The lowest BCUT2D eigenvalue weighted by Crippen LogP contribution is -2.34. The van der Waals surface area contributed by atoms with E-state index in [1.165, 1.54) is 0 Å². The van der Waals surface area contributed by atoms with Gasteiger partial charge in [0.2, 0.25) is 0 Å². The molecule has 25 heavy (non-hydrogen) atoms. The van der Waals surface area contributed by atoms with E-state index in [2.05, 4.69) is 63.3 Å². The molecule has 0 saturated heterocycles. The lowest BCUT2D eigenvalue weighted by atomic mass is 9.86. The summed E-state index contributed by atoms with van der Waals surface area (Å²) >= 11 is 18.1. The van der Waals surface area contributed by atoms with Crippen LogP contribution in [0.15, 0.2) is 45.3 Å². The van der Waals surface area contributed by atoms with Gasteiger partial charge in [0.25, 0.3) is 5.91 Å². The lowest BCUT2D eigenvalue weighted by Gasteiger charge is -2.21. The van der Waals surface area contributed by atoms with Gasteiger partial charge in [-0.15, -0.1) is 0 Å². The van der Waals surface area contributed by atoms with Crippen LogP contribution in [0.25, 0.3) is 0 Å². The summed E-state index contributed by atoms with van der Waals surface area (Å²) in [6.07, 6.45) is 0. The maximum absolute atomic E-state index is 12.4. The average molecular weight is 505 g/mol. The summed E-state index contributed by atoms with van der Waals surface area (Å²) < 4.78 is 1.68. The van der Waals surface area contributed by atoms with Crippen molar-refractivity contribution in [1.29, 1.82) is 0 Å². The zero-order valence-corrected chi connectivity index (χ0v) is 18.7. The van der Waals surface area contributed by atoms with E-state index in [-0.39, 0.29) is 16.4 Å². The SMILES string of the molecule is CC(C)(C)c1ccc(C(=O)NC(=S)Nc2ccc(Br)c(Cl)c2)cc1Br. The van der Waals surface area contributed by atoms with E-state index < -0.39 is 0 Å². The molecule has 0 aliphatic carbocycles. The van der Waals surface area contributed by atoms with Crippen molar-refractivity contribution in [3.63, 3.8) is 0 Å². The second-order valence-corrected chi connectivity index (χ2v) is 9.01. The van der Waals surface area contributed by atoms with Crippen molar-refractivity contribution < 1.29 is 4.79 Å². The fourth-order valence-electron chi connectivity index (χ4n) is 2.18. The standard InChI is InChI=1S/C18H17Br2ClN2OS/c1-18(2,3)12-6-4-10(8-14(12)20)16(24)23-17(25)22-11-5-7-13(19)15(21)9-11/h4-9H,1-3H3,(H2,22,23,24,25). The van der Waals surface area contributed by atoms with Crippen molar-refractivity contribution in [3.8, 4) is 0 Å². The van der Waals surface area contributed by atoms with Gasteiger partial charge in [-0.1, -0.05) is 54.4 Å². The molecule has 0 saturated carbocycles.